The van der Waals surface area contributed by atoms with Crippen molar-refractivity contribution in [1.29, 1.82) is 0 Å². The average molecular weight is 183 g/mol. The standard InChI is InChI=1S/C10H17NO2/c1-2-9-7-11(5-6-13-9)10(12)8-3-4-8/h8-9H,2-7H2,1H3/t9-/m1/s1. The third-order valence-electron chi connectivity index (χ3n) is 2.83. The van der Waals surface area contributed by atoms with Crippen LogP contribution in [0.15, 0.2) is 0 Å². The second kappa shape index (κ2) is 3.66. The molecule has 74 valence electrons. The molecule has 0 unspecified atom stereocenters. The fraction of sp³-hybridized carbons (Fsp3) is 0.900. The lowest BCUT2D eigenvalue weighted by molar-refractivity contribution is -0.140. The number of ether oxygens (including phenoxy) is 1. The van der Waals surface area contributed by atoms with E-state index in [1.165, 1.54) is 0 Å². The van der Waals surface area contributed by atoms with Gasteiger partial charge in [0.25, 0.3) is 0 Å². The van der Waals surface area contributed by atoms with E-state index in [-0.39, 0.29) is 6.10 Å². The molecule has 1 saturated heterocycles. The summed E-state index contributed by atoms with van der Waals surface area (Å²) in [5, 5.41) is 0. The van der Waals surface area contributed by atoms with Gasteiger partial charge in [-0.15, -0.1) is 0 Å². The van der Waals surface area contributed by atoms with Gasteiger partial charge in [-0.2, -0.15) is 0 Å². The minimum Gasteiger partial charge on any atom is -0.375 e. The van der Waals surface area contributed by atoms with E-state index in [9.17, 15) is 4.79 Å². The minimum absolute atomic E-state index is 0.274. The maximum absolute atomic E-state index is 11.7. The van der Waals surface area contributed by atoms with Crippen LogP contribution in [0.4, 0.5) is 0 Å². The predicted octanol–water partition coefficient (Wildman–Crippen LogP) is 1.03. The van der Waals surface area contributed by atoms with Crippen LogP contribution >= 0.6 is 0 Å². The van der Waals surface area contributed by atoms with Crippen LogP contribution in [0, 0.1) is 5.92 Å². The maximum atomic E-state index is 11.7. The zero-order valence-corrected chi connectivity index (χ0v) is 8.16. The highest BCUT2D eigenvalue weighted by Gasteiger charge is 2.35. The zero-order valence-electron chi connectivity index (χ0n) is 8.16. The van der Waals surface area contributed by atoms with Crippen molar-refractivity contribution in [3.05, 3.63) is 0 Å². The molecule has 0 aromatic carbocycles. The first-order valence-corrected chi connectivity index (χ1v) is 5.21. The molecule has 1 amide bonds. The number of hydrogen-bond donors (Lipinski definition) is 0. The van der Waals surface area contributed by atoms with Gasteiger partial charge in [0.1, 0.15) is 0 Å². The number of hydrogen-bond acceptors (Lipinski definition) is 2. The third-order valence-corrected chi connectivity index (χ3v) is 2.83. The number of rotatable bonds is 2. The van der Waals surface area contributed by atoms with E-state index >= 15 is 0 Å². The lowest BCUT2D eigenvalue weighted by Crippen LogP contribution is -2.46. The van der Waals surface area contributed by atoms with Crippen molar-refractivity contribution in [1.82, 2.24) is 4.90 Å². The molecule has 1 aliphatic carbocycles. The van der Waals surface area contributed by atoms with Gasteiger partial charge in [0.05, 0.1) is 12.7 Å². The Kier molecular flexibility index (Phi) is 2.54. The van der Waals surface area contributed by atoms with E-state index < -0.39 is 0 Å². The molecule has 0 aromatic rings. The van der Waals surface area contributed by atoms with Crippen molar-refractivity contribution >= 4 is 5.91 Å². The molecule has 1 atom stereocenters. The Morgan fingerprint density at radius 1 is 1.54 bits per heavy atom. The summed E-state index contributed by atoms with van der Waals surface area (Å²) in [5.41, 5.74) is 0. The molecule has 0 N–H and O–H groups in total. The molecule has 0 spiro atoms. The Labute approximate surface area is 79.0 Å². The van der Waals surface area contributed by atoms with Crippen LogP contribution in [-0.2, 0) is 9.53 Å². The summed E-state index contributed by atoms with van der Waals surface area (Å²) < 4.78 is 5.51. The van der Waals surface area contributed by atoms with Gasteiger partial charge in [0.15, 0.2) is 0 Å². The summed E-state index contributed by atoms with van der Waals surface area (Å²) in [6.07, 6.45) is 3.49. The minimum atomic E-state index is 0.274. The van der Waals surface area contributed by atoms with Crippen molar-refractivity contribution in [3.8, 4) is 0 Å². The number of morpholine rings is 1. The van der Waals surface area contributed by atoms with Crippen LogP contribution < -0.4 is 0 Å². The quantitative estimate of drug-likeness (QED) is 0.640. The fourth-order valence-electron chi connectivity index (χ4n) is 1.75. The molecule has 3 nitrogen and oxygen atoms in total. The Bertz CT molecular complexity index is 201. The SMILES string of the molecule is CC[C@@H]1CN(C(=O)C2CC2)CCO1. The molecular formula is C10H17NO2. The van der Waals surface area contributed by atoms with Crippen LogP contribution in [0.25, 0.3) is 0 Å². The number of carbonyl (C=O) groups excluding carboxylic acids is 1. The second-order valence-electron chi connectivity index (χ2n) is 3.96. The Hall–Kier alpha value is -0.570. The molecule has 3 heteroatoms. The van der Waals surface area contributed by atoms with Gasteiger partial charge >= 0.3 is 0 Å². The van der Waals surface area contributed by atoms with Crippen molar-refractivity contribution in [2.45, 2.75) is 32.3 Å². The van der Waals surface area contributed by atoms with E-state index in [0.717, 1.165) is 39.0 Å². The number of nitrogens with zero attached hydrogens (tertiary/aromatic N) is 1. The highest BCUT2D eigenvalue weighted by molar-refractivity contribution is 5.81. The molecule has 2 rings (SSSR count). The molecule has 0 aromatic heterocycles. The molecule has 2 fully saturated rings. The molecule has 2 aliphatic rings. The van der Waals surface area contributed by atoms with Crippen molar-refractivity contribution in [2.24, 2.45) is 5.92 Å². The van der Waals surface area contributed by atoms with Crippen LogP contribution in [-0.4, -0.2) is 36.6 Å². The van der Waals surface area contributed by atoms with Gasteiger partial charge in [-0.05, 0) is 19.3 Å². The van der Waals surface area contributed by atoms with Crippen LogP contribution in [0.1, 0.15) is 26.2 Å². The van der Waals surface area contributed by atoms with E-state index in [1.807, 2.05) is 4.90 Å². The molecule has 1 saturated carbocycles. The van der Waals surface area contributed by atoms with Gasteiger partial charge in [0.2, 0.25) is 5.91 Å². The van der Waals surface area contributed by atoms with Crippen LogP contribution in [0.3, 0.4) is 0 Å². The average Bonchev–Trinajstić information content (AvgIpc) is 3.00. The highest BCUT2D eigenvalue weighted by atomic mass is 16.5. The monoisotopic (exact) mass is 183 g/mol. The fourth-order valence-corrected chi connectivity index (χ4v) is 1.75. The summed E-state index contributed by atoms with van der Waals surface area (Å²) in [6.45, 7) is 4.43. The third kappa shape index (κ3) is 2.02. The van der Waals surface area contributed by atoms with E-state index in [0.29, 0.717) is 11.8 Å². The van der Waals surface area contributed by atoms with E-state index in [1.54, 1.807) is 0 Å². The lowest BCUT2D eigenvalue weighted by Gasteiger charge is -2.32. The maximum Gasteiger partial charge on any atom is 0.225 e. The smallest absolute Gasteiger partial charge is 0.225 e. The van der Waals surface area contributed by atoms with Gasteiger partial charge in [-0.3, -0.25) is 4.79 Å². The molecule has 0 radical (unpaired) electrons. The first-order valence-electron chi connectivity index (χ1n) is 5.21. The number of amides is 1. The molecule has 0 bridgehead atoms. The molecule has 1 heterocycles. The Balaban J connectivity index is 1.87. The zero-order chi connectivity index (χ0) is 9.26. The normalized spacial score (nSPS) is 29.0. The first kappa shape index (κ1) is 9.00. The molecule has 13 heavy (non-hydrogen) atoms. The van der Waals surface area contributed by atoms with Gasteiger partial charge < -0.3 is 9.64 Å². The van der Waals surface area contributed by atoms with Crippen molar-refractivity contribution in [2.75, 3.05) is 19.7 Å². The van der Waals surface area contributed by atoms with Gasteiger partial charge in [-0.25, -0.2) is 0 Å². The summed E-state index contributed by atoms with van der Waals surface area (Å²) in [5.74, 6) is 0.720. The predicted molar refractivity (Wildman–Crippen MR) is 49.3 cm³/mol. The first-order chi connectivity index (χ1) is 6.31. The van der Waals surface area contributed by atoms with Crippen molar-refractivity contribution < 1.29 is 9.53 Å². The lowest BCUT2D eigenvalue weighted by atomic mass is 10.2. The van der Waals surface area contributed by atoms with E-state index in [4.69, 9.17) is 4.74 Å². The second-order valence-corrected chi connectivity index (χ2v) is 3.96. The largest absolute Gasteiger partial charge is 0.375 e. The summed E-state index contributed by atoms with van der Waals surface area (Å²) >= 11 is 0. The van der Waals surface area contributed by atoms with E-state index in [2.05, 4.69) is 6.92 Å². The Morgan fingerprint density at radius 2 is 2.31 bits per heavy atom. The van der Waals surface area contributed by atoms with Crippen LogP contribution in [0.5, 0.6) is 0 Å². The summed E-state index contributed by atoms with van der Waals surface area (Å²) in [6, 6.07) is 0. The van der Waals surface area contributed by atoms with Gasteiger partial charge in [0, 0.05) is 19.0 Å². The Morgan fingerprint density at radius 3 is 2.92 bits per heavy atom. The summed E-state index contributed by atoms with van der Waals surface area (Å²) in [4.78, 5) is 13.7. The van der Waals surface area contributed by atoms with Crippen molar-refractivity contribution in [3.63, 3.8) is 0 Å². The molecular weight excluding hydrogens is 166 g/mol. The highest BCUT2D eigenvalue weighted by Crippen LogP contribution is 2.31. The summed E-state index contributed by atoms with van der Waals surface area (Å²) in [7, 11) is 0. The topological polar surface area (TPSA) is 29.5 Å². The van der Waals surface area contributed by atoms with Gasteiger partial charge in [-0.1, -0.05) is 6.92 Å². The number of carbonyl (C=O) groups is 1. The van der Waals surface area contributed by atoms with Crippen LogP contribution in [0.2, 0.25) is 0 Å². The molecule has 1 aliphatic heterocycles.